The lowest BCUT2D eigenvalue weighted by atomic mass is 10.1. The van der Waals surface area contributed by atoms with E-state index in [2.05, 4.69) is 55.1 Å². The van der Waals surface area contributed by atoms with Gasteiger partial charge in [0.25, 0.3) is 0 Å². The molecule has 0 aliphatic heterocycles. The van der Waals surface area contributed by atoms with Crippen LogP contribution >= 0.6 is 0 Å². The van der Waals surface area contributed by atoms with E-state index in [1.54, 1.807) is 0 Å². The van der Waals surface area contributed by atoms with E-state index in [9.17, 15) is 0 Å². The van der Waals surface area contributed by atoms with Crippen molar-refractivity contribution in [2.24, 2.45) is 0 Å². The number of nitrogen functional groups attached to an aromatic ring is 1. The van der Waals surface area contributed by atoms with Gasteiger partial charge in [-0.25, -0.2) is 0 Å². The Bertz CT molecular complexity index is 503. The van der Waals surface area contributed by atoms with Gasteiger partial charge in [-0.3, -0.25) is 0 Å². The molecule has 2 heteroatoms. The van der Waals surface area contributed by atoms with Gasteiger partial charge in [0.05, 0.1) is 0 Å². The largest absolute Gasteiger partial charge is 0.399 e. The quantitative estimate of drug-likeness (QED) is 0.819. The molecule has 94 valence electrons. The molecule has 0 spiro atoms. The average Bonchev–Trinajstić information content (AvgIpc) is 2.42. The predicted molar refractivity (Wildman–Crippen MR) is 79.4 cm³/mol. The molecule has 0 saturated heterocycles. The monoisotopic (exact) mass is 240 g/mol. The van der Waals surface area contributed by atoms with E-state index >= 15 is 0 Å². The summed E-state index contributed by atoms with van der Waals surface area (Å²) in [5, 5.41) is 0. The molecule has 2 aromatic rings. The molecule has 0 aliphatic rings. The maximum atomic E-state index is 5.73. The van der Waals surface area contributed by atoms with Crippen molar-refractivity contribution in [1.82, 2.24) is 0 Å². The fourth-order valence-electron chi connectivity index (χ4n) is 2.11. The molecule has 0 aliphatic carbocycles. The number of nitrogens with zero attached hydrogens (tertiary/aromatic N) is 1. The van der Waals surface area contributed by atoms with E-state index in [0.29, 0.717) is 0 Å². The van der Waals surface area contributed by atoms with E-state index in [1.165, 1.54) is 16.9 Å². The summed E-state index contributed by atoms with van der Waals surface area (Å²) in [5.41, 5.74) is 10.3. The van der Waals surface area contributed by atoms with Crippen LogP contribution in [0.15, 0.2) is 48.5 Å². The normalized spacial score (nSPS) is 10.3. The zero-order valence-corrected chi connectivity index (χ0v) is 11.1. The third-order valence-corrected chi connectivity index (χ3v) is 3.15. The second-order valence-corrected chi connectivity index (χ2v) is 4.36. The molecule has 0 unspecified atom stereocenters. The lowest BCUT2D eigenvalue weighted by Crippen LogP contribution is -2.16. The van der Waals surface area contributed by atoms with Crippen molar-refractivity contribution in [2.45, 2.75) is 20.3 Å². The molecule has 0 aromatic heterocycles. The van der Waals surface area contributed by atoms with Crippen LogP contribution in [0.3, 0.4) is 0 Å². The van der Waals surface area contributed by atoms with Crippen LogP contribution in [0, 0.1) is 0 Å². The maximum Gasteiger partial charge on any atom is 0.0413 e. The van der Waals surface area contributed by atoms with Crippen molar-refractivity contribution in [1.29, 1.82) is 0 Å². The first kappa shape index (κ1) is 12.5. The average molecular weight is 240 g/mol. The van der Waals surface area contributed by atoms with Gasteiger partial charge in [0, 0.05) is 23.6 Å². The molecule has 0 saturated carbocycles. The Morgan fingerprint density at radius 3 is 2.28 bits per heavy atom. The number of hydrogen-bond acceptors (Lipinski definition) is 2. The van der Waals surface area contributed by atoms with Gasteiger partial charge in [-0.2, -0.15) is 0 Å². The highest BCUT2D eigenvalue weighted by molar-refractivity contribution is 5.65. The van der Waals surface area contributed by atoms with Gasteiger partial charge in [0.1, 0.15) is 0 Å². The minimum atomic E-state index is 0.803. The Morgan fingerprint density at radius 1 is 0.944 bits per heavy atom. The second-order valence-electron chi connectivity index (χ2n) is 4.36. The van der Waals surface area contributed by atoms with Crippen molar-refractivity contribution in [3.63, 3.8) is 0 Å². The molecule has 0 atom stereocenters. The molecule has 0 heterocycles. The SMILES string of the molecule is CCc1cccc(N(CC)c2ccc(N)cc2)c1. The first-order valence-electron chi connectivity index (χ1n) is 6.46. The Balaban J connectivity index is 2.35. The zero-order chi connectivity index (χ0) is 13.0. The van der Waals surface area contributed by atoms with Crippen molar-refractivity contribution in [3.8, 4) is 0 Å². The smallest absolute Gasteiger partial charge is 0.0413 e. The molecule has 2 nitrogen and oxygen atoms in total. The standard InChI is InChI=1S/C16H20N2/c1-3-13-6-5-7-16(12-13)18(4-2)15-10-8-14(17)9-11-15/h5-12H,3-4,17H2,1-2H3. The highest BCUT2D eigenvalue weighted by Gasteiger charge is 2.07. The first-order valence-corrected chi connectivity index (χ1v) is 6.46. The van der Waals surface area contributed by atoms with Crippen molar-refractivity contribution >= 4 is 17.1 Å². The molecule has 0 radical (unpaired) electrons. The summed E-state index contributed by atoms with van der Waals surface area (Å²) in [6.45, 7) is 5.28. The van der Waals surface area contributed by atoms with Crippen LogP contribution in [0.4, 0.5) is 17.1 Å². The Kier molecular flexibility index (Phi) is 3.88. The molecule has 2 N–H and O–H groups in total. The van der Waals surface area contributed by atoms with Crippen LogP contribution in [-0.4, -0.2) is 6.54 Å². The topological polar surface area (TPSA) is 29.3 Å². The van der Waals surface area contributed by atoms with Crippen LogP contribution in [0.1, 0.15) is 19.4 Å². The van der Waals surface area contributed by atoms with Gasteiger partial charge in [0.15, 0.2) is 0 Å². The number of benzene rings is 2. The molecule has 0 amide bonds. The summed E-state index contributed by atoms with van der Waals surface area (Å²) in [4.78, 5) is 2.29. The molecule has 0 bridgehead atoms. The zero-order valence-electron chi connectivity index (χ0n) is 11.1. The molecular weight excluding hydrogens is 220 g/mol. The third-order valence-electron chi connectivity index (χ3n) is 3.15. The molecule has 0 fully saturated rings. The summed E-state index contributed by atoms with van der Waals surface area (Å²) >= 11 is 0. The molecule has 2 aromatic carbocycles. The van der Waals surface area contributed by atoms with Crippen LogP contribution < -0.4 is 10.6 Å². The lowest BCUT2D eigenvalue weighted by Gasteiger charge is -2.24. The minimum Gasteiger partial charge on any atom is -0.399 e. The highest BCUT2D eigenvalue weighted by Crippen LogP contribution is 2.26. The molecular formula is C16H20N2. The predicted octanol–water partition coefficient (Wildman–Crippen LogP) is 3.99. The summed E-state index contributed by atoms with van der Waals surface area (Å²) in [7, 11) is 0. The number of hydrogen-bond donors (Lipinski definition) is 1. The highest BCUT2D eigenvalue weighted by atomic mass is 15.1. The molecule has 18 heavy (non-hydrogen) atoms. The van der Waals surface area contributed by atoms with E-state index in [-0.39, 0.29) is 0 Å². The van der Waals surface area contributed by atoms with Crippen LogP contribution in [0.5, 0.6) is 0 Å². The number of nitrogens with two attached hydrogens (primary N) is 1. The van der Waals surface area contributed by atoms with Crippen molar-refractivity contribution < 1.29 is 0 Å². The van der Waals surface area contributed by atoms with Crippen molar-refractivity contribution in [3.05, 3.63) is 54.1 Å². The van der Waals surface area contributed by atoms with Crippen LogP contribution in [0.25, 0.3) is 0 Å². The lowest BCUT2D eigenvalue weighted by molar-refractivity contribution is 1.02. The van der Waals surface area contributed by atoms with Crippen molar-refractivity contribution in [2.75, 3.05) is 17.2 Å². The van der Waals surface area contributed by atoms with Crippen LogP contribution in [-0.2, 0) is 6.42 Å². The van der Waals surface area contributed by atoms with Crippen LogP contribution in [0.2, 0.25) is 0 Å². The fourth-order valence-corrected chi connectivity index (χ4v) is 2.11. The Labute approximate surface area is 109 Å². The van der Waals surface area contributed by atoms with Gasteiger partial charge < -0.3 is 10.6 Å². The van der Waals surface area contributed by atoms with Gasteiger partial charge >= 0.3 is 0 Å². The van der Waals surface area contributed by atoms with Gasteiger partial charge in [-0.1, -0.05) is 19.1 Å². The molecule has 2 rings (SSSR count). The Hall–Kier alpha value is -1.96. The van der Waals surface area contributed by atoms with Gasteiger partial charge in [0.2, 0.25) is 0 Å². The number of anilines is 3. The summed E-state index contributed by atoms with van der Waals surface area (Å²) in [6, 6.07) is 16.7. The minimum absolute atomic E-state index is 0.803. The second kappa shape index (κ2) is 5.58. The number of rotatable bonds is 4. The number of aryl methyl sites for hydroxylation is 1. The fraction of sp³-hybridized carbons (Fsp3) is 0.250. The summed E-state index contributed by atoms with van der Waals surface area (Å²) < 4.78 is 0. The van der Waals surface area contributed by atoms with E-state index in [4.69, 9.17) is 5.73 Å². The maximum absolute atomic E-state index is 5.73. The van der Waals surface area contributed by atoms with Gasteiger partial charge in [-0.15, -0.1) is 0 Å². The summed E-state index contributed by atoms with van der Waals surface area (Å²) in [6.07, 6.45) is 1.06. The Morgan fingerprint density at radius 2 is 1.67 bits per heavy atom. The van der Waals surface area contributed by atoms with E-state index in [0.717, 1.165) is 18.7 Å². The summed E-state index contributed by atoms with van der Waals surface area (Å²) in [5.74, 6) is 0. The first-order chi connectivity index (χ1) is 8.74. The van der Waals surface area contributed by atoms with E-state index < -0.39 is 0 Å². The van der Waals surface area contributed by atoms with E-state index in [1.807, 2.05) is 12.1 Å². The third kappa shape index (κ3) is 2.65. The van der Waals surface area contributed by atoms with Gasteiger partial charge in [-0.05, 0) is 55.3 Å².